The number of pyridine rings is 1. The number of hydrogen-bond donors (Lipinski definition) is 1. The molecule has 3 fully saturated rings. The van der Waals surface area contributed by atoms with Gasteiger partial charge in [-0.3, -0.25) is 14.7 Å². The minimum atomic E-state index is -1.00. The molecule has 7 nitrogen and oxygen atoms in total. The molecule has 224 valence electrons. The van der Waals surface area contributed by atoms with Crippen molar-refractivity contribution in [2.24, 2.45) is 0 Å². The zero-order chi connectivity index (χ0) is 29.7. The van der Waals surface area contributed by atoms with E-state index < -0.39 is 5.97 Å². The van der Waals surface area contributed by atoms with Gasteiger partial charge in [-0.25, -0.2) is 9.18 Å². The number of aromatic carboxylic acids is 1. The number of benzene rings is 2. The lowest BCUT2D eigenvalue weighted by atomic mass is 9.93. The summed E-state index contributed by atoms with van der Waals surface area (Å²) >= 11 is 0. The minimum absolute atomic E-state index is 0.0823. The van der Waals surface area contributed by atoms with Crippen LogP contribution in [0.3, 0.4) is 0 Å². The highest BCUT2D eigenvalue weighted by atomic mass is 19.1. The molecule has 0 atom stereocenters. The Morgan fingerprint density at radius 1 is 0.977 bits per heavy atom. The summed E-state index contributed by atoms with van der Waals surface area (Å²) in [7, 11) is 0. The molecule has 1 aromatic heterocycles. The molecular formula is C35H38FN3O4. The van der Waals surface area contributed by atoms with Gasteiger partial charge in [0.25, 0.3) is 5.91 Å². The fraction of sp³-hybridized carbons (Fsp3) is 0.457. The lowest BCUT2D eigenvalue weighted by molar-refractivity contribution is 0.0543. The first-order valence-electron chi connectivity index (χ1n) is 15.8. The molecule has 2 aromatic carbocycles. The van der Waals surface area contributed by atoms with E-state index in [1.165, 1.54) is 36.1 Å². The normalized spacial score (nSPS) is 19.4. The molecule has 0 radical (unpaired) electrons. The van der Waals surface area contributed by atoms with E-state index in [4.69, 9.17) is 9.72 Å². The number of nitrogens with zero attached hydrogens (tertiary/aromatic N) is 3. The quantitative estimate of drug-likeness (QED) is 0.314. The summed E-state index contributed by atoms with van der Waals surface area (Å²) in [6.45, 7) is 5.70. The molecule has 2 aliphatic heterocycles. The van der Waals surface area contributed by atoms with Crippen molar-refractivity contribution in [3.8, 4) is 16.9 Å². The van der Waals surface area contributed by atoms with Crippen LogP contribution in [-0.4, -0.2) is 64.0 Å². The molecule has 0 unspecified atom stereocenters. The molecule has 8 heteroatoms. The van der Waals surface area contributed by atoms with Crippen LogP contribution in [0.4, 0.5) is 4.39 Å². The van der Waals surface area contributed by atoms with Gasteiger partial charge in [-0.05, 0) is 98.4 Å². The number of fused-ring (bicyclic) bond motifs is 1. The molecule has 3 heterocycles. The monoisotopic (exact) mass is 583 g/mol. The van der Waals surface area contributed by atoms with E-state index in [2.05, 4.69) is 17.0 Å². The summed E-state index contributed by atoms with van der Waals surface area (Å²) in [5, 5.41) is 9.79. The number of piperidine rings is 1. The first-order chi connectivity index (χ1) is 20.9. The molecule has 7 rings (SSSR count). The Morgan fingerprint density at radius 2 is 1.70 bits per heavy atom. The molecule has 3 aromatic rings. The van der Waals surface area contributed by atoms with Crippen LogP contribution in [0.25, 0.3) is 11.1 Å². The van der Waals surface area contributed by atoms with Crippen molar-refractivity contribution in [3.05, 3.63) is 81.9 Å². The van der Waals surface area contributed by atoms with Gasteiger partial charge in [0.2, 0.25) is 0 Å². The van der Waals surface area contributed by atoms with E-state index in [1.54, 1.807) is 6.07 Å². The number of carboxylic acid groups (broad SMARTS) is 1. The summed E-state index contributed by atoms with van der Waals surface area (Å²) in [6, 6.07) is 12.9. The van der Waals surface area contributed by atoms with E-state index in [-0.39, 0.29) is 29.2 Å². The maximum Gasteiger partial charge on any atom is 0.337 e. The maximum absolute atomic E-state index is 13.6. The zero-order valence-corrected chi connectivity index (χ0v) is 24.7. The predicted octanol–water partition coefficient (Wildman–Crippen LogP) is 6.40. The lowest BCUT2D eigenvalue weighted by Gasteiger charge is -2.40. The van der Waals surface area contributed by atoms with Crippen LogP contribution in [-0.2, 0) is 13.0 Å². The molecule has 1 N–H and O–H groups in total. The SMILES string of the molecule is CCOc1cc(-c2ccc(F)cc2)c(C2CC2)cc1CN1CCC(N2CCc3nc(C4CC4)c(C(=O)O)cc3C2=O)CC1. The lowest BCUT2D eigenvalue weighted by Crippen LogP contribution is -2.50. The predicted molar refractivity (Wildman–Crippen MR) is 161 cm³/mol. The number of carboxylic acids is 1. The highest BCUT2D eigenvalue weighted by Gasteiger charge is 2.37. The first kappa shape index (κ1) is 28.0. The molecule has 1 amide bonds. The van der Waals surface area contributed by atoms with E-state index in [1.807, 2.05) is 24.0 Å². The third-order valence-electron chi connectivity index (χ3n) is 9.50. The minimum Gasteiger partial charge on any atom is -0.494 e. The molecule has 0 bridgehead atoms. The summed E-state index contributed by atoms with van der Waals surface area (Å²) in [4.78, 5) is 34.6. The zero-order valence-electron chi connectivity index (χ0n) is 24.7. The maximum atomic E-state index is 13.6. The summed E-state index contributed by atoms with van der Waals surface area (Å²) in [6.07, 6.45) is 6.69. The number of carbonyl (C=O) groups is 2. The molecular weight excluding hydrogens is 545 g/mol. The molecule has 2 aliphatic carbocycles. The highest BCUT2D eigenvalue weighted by molar-refractivity contribution is 5.99. The second kappa shape index (κ2) is 11.4. The van der Waals surface area contributed by atoms with Crippen molar-refractivity contribution in [3.63, 3.8) is 0 Å². The van der Waals surface area contributed by atoms with Crippen LogP contribution in [0.1, 0.15) is 101 Å². The Bertz CT molecular complexity index is 1560. The number of likely N-dealkylation sites (tertiary alicyclic amines) is 1. The van der Waals surface area contributed by atoms with Crippen LogP contribution < -0.4 is 4.74 Å². The summed E-state index contributed by atoms with van der Waals surface area (Å²) < 4.78 is 19.8. The fourth-order valence-electron chi connectivity index (χ4n) is 6.91. The number of ether oxygens (including phenoxy) is 1. The van der Waals surface area contributed by atoms with Crippen molar-refractivity contribution in [1.82, 2.24) is 14.8 Å². The Morgan fingerprint density at radius 3 is 2.35 bits per heavy atom. The van der Waals surface area contributed by atoms with Gasteiger partial charge >= 0.3 is 5.97 Å². The largest absolute Gasteiger partial charge is 0.494 e. The number of amides is 1. The van der Waals surface area contributed by atoms with Crippen molar-refractivity contribution in [2.75, 3.05) is 26.2 Å². The number of carbonyl (C=O) groups excluding carboxylic acids is 1. The Balaban J connectivity index is 1.06. The number of halogens is 1. The third-order valence-corrected chi connectivity index (χ3v) is 9.50. The van der Waals surface area contributed by atoms with Gasteiger partial charge < -0.3 is 14.7 Å². The van der Waals surface area contributed by atoms with Crippen LogP contribution in [0.15, 0.2) is 42.5 Å². The molecule has 2 saturated carbocycles. The number of aromatic nitrogens is 1. The summed E-state index contributed by atoms with van der Waals surface area (Å²) in [5.41, 5.74) is 6.69. The molecule has 0 spiro atoms. The average Bonchev–Trinajstić information content (AvgIpc) is 3.93. The van der Waals surface area contributed by atoms with Crippen molar-refractivity contribution < 1.29 is 23.8 Å². The van der Waals surface area contributed by atoms with Gasteiger partial charge in [0.15, 0.2) is 0 Å². The van der Waals surface area contributed by atoms with E-state index in [0.717, 1.165) is 67.9 Å². The van der Waals surface area contributed by atoms with Crippen LogP contribution in [0.2, 0.25) is 0 Å². The van der Waals surface area contributed by atoms with Crippen molar-refractivity contribution >= 4 is 11.9 Å². The Kier molecular flexibility index (Phi) is 7.41. The smallest absolute Gasteiger partial charge is 0.337 e. The van der Waals surface area contributed by atoms with Crippen molar-refractivity contribution in [2.45, 2.75) is 76.3 Å². The Hall–Kier alpha value is -3.78. The van der Waals surface area contributed by atoms with Gasteiger partial charge in [0, 0.05) is 50.1 Å². The van der Waals surface area contributed by atoms with Gasteiger partial charge in [0.1, 0.15) is 11.6 Å². The molecule has 43 heavy (non-hydrogen) atoms. The van der Waals surface area contributed by atoms with E-state index >= 15 is 0 Å². The topological polar surface area (TPSA) is 83.0 Å². The molecule has 1 saturated heterocycles. The first-order valence-corrected chi connectivity index (χ1v) is 15.8. The standard InChI is InChI=1S/C35H38FN3O4/c1-2-43-32-19-28(22-7-9-25(36)10-8-22)27(21-3-4-21)17-24(32)20-38-14-11-26(12-15-38)39-16-13-31-29(34(39)40)18-30(35(41)42)33(37-31)23-5-6-23/h7-10,17-19,21,23,26H,2-6,11-16,20H2,1H3,(H,41,42). The van der Waals surface area contributed by atoms with Gasteiger partial charge in [-0.1, -0.05) is 12.1 Å². The average molecular weight is 584 g/mol. The number of hydrogen-bond acceptors (Lipinski definition) is 5. The second-order valence-corrected chi connectivity index (χ2v) is 12.5. The van der Waals surface area contributed by atoms with Crippen LogP contribution in [0, 0.1) is 5.82 Å². The summed E-state index contributed by atoms with van der Waals surface area (Å²) in [5.74, 6) is 0.310. The Labute approximate surface area is 251 Å². The third kappa shape index (κ3) is 5.65. The van der Waals surface area contributed by atoms with Crippen molar-refractivity contribution in [1.29, 1.82) is 0 Å². The van der Waals surface area contributed by atoms with Gasteiger partial charge in [-0.2, -0.15) is 0 Å². The van der Waals surface area contributed by atoms with E-state index in [0.29, 0.717) is 36.7 Å². The van der Waals surface area contributed by atoms with Gasteiger partial charge in [0.05, 0.1) is 29.1 Å². The number of rotatable bonds is 9. The van der Waals surface area contributed by atoms with Gasteiger partial charge in [-0.15, -0.1) is 0 Å². The molecule has 4 aliphatic rings. The van der Waals surface area contributed by atoms with Crippen LogP contribution >= 0.6 is 0 Å². The second-order valence-electron chi connectivity index (χ2n) is 12.5. The fourth-order valence-corrected chi connectivity index (χ4v) is 6.91. The van der Waals surface area contributed by atoms with Crippen LogP contribution in [0.5, 0.6) is 5.75 Å². The highest BCUT2D eigenvalue weighted by Crippen LogP contribution is 2.47. The van der Waals surface area contributed by atoms with E-state index in [9.17, 15) is 19.1 Å².